The van der Waals surface area contributed by atoms with E-state index in [0.717, 1.165) is 0 Å². The predicted molar refractivity (Wildman–Crippen MR) is 40.9 cm³/mol. The standard InChI is InChI=1S/C6H6ClN.H3N/c7-5-3-1-2-4-6(5)8;/h1-4H,8H2;1H3. The zero-order chi connectivity index (χ0) is 5.98. The topological polar surface area (TPSA) is 61.0 Å². The molecule has 9 heavy (non-hydrogen) atoms. The third kappa shape index (κ3) is 1.91. The molecule has 0 amide bonds. The SMILES string of the molecule is N.Nc1ccccc1Cl. The molecule has 0 saturated carbocycles. The lowest BCUT2D eigenvalue weighted by Crippen LogP contribution is -1.82. The summed E-state index contributed by atoms with van der Waals surface area (Å²) in [6.45, 7) is 0. The molecule has 0 atom stereocenters. The Morgan fingerprint density at radius 3 is 2.11 bits per heavy atom. The van der Waals surface area contributed by atoms with Crippen LogP contribution in [0.1, 0.15) is 0 Å². The van der Waals surface area contributed by atoms with Gasteiger partial charge in [-0.15, -0.1) is 0 Å². The van der Waals surface area contributed by atoms with Crippen LogP contribution in [0.2, 0.25) is 5.02 Å². The van der Waals surface area contributed by atoms with Gasteiger partial charge in [0.15, 0.2) is 0 Å². The number of rotatable bonds is 0. The van der Waals surface area contributed by atoms with E-state index >= 15 is 0 Å². The van der Waals surface area contributed by atoms with Crippen LogP contribution < -0.4 is 11.9 Å². The molecule has 1 aromatic rings. The van der Waals surface area contributed by atoms with E-state index in [1.807, 2.05) is 12.1 Å². The Morgan fingerprint density at radius 2 is 1.78 bits per heavy atom. The average Bonchev–Trinajstić information content (AvgIpc) is 1.77. The Balaban J connectivity index is 0.000000640. The Morgan fingerprint density at radius 1 is 1.22 bits per heavy atom. The molecular weight excluding hydrogens is 136 g/mol. The number of hydrogen-bond acceptors (Lipinski definition) is 2. The summed E-state index contributed by atoms with van der Waals surface area (Å²) in [6.07, 6.45) is 0. The van der Waals surface area contributed by atoms with Gasteiger partial charge < -0.3 is 11.9 Å². The van der Waals surface area contributed by atoms with Gasteiger partial charge in [0, 0.05) is 0 Å². The fraction of sp³-hybridized carbons (Fsp3) is 0. The molecule has 0 unspecified atom stereocenters. The summed E-state index contributed by atoms with van der Waals surface area (Å²) in [5.74, 6) is 0. The van der Waals surface area contributed by atoms with Gasteiger partial charge in [-0.25, -0.2) is 0 Å². The molecular formula is C6H9ClN2. The Hall–Kier alpha value is -0.730. The first kappa shape index (κ1) is 8.27. The molecule has 0 aliphatic carbocycles. The first-order valence-electron chi connectivity index (χ1n) is 2.31. The molecule has 1 rings (SSSR count). The zero-order valence-electron chi connectivity index (χ0n) is 4.97. The van der Waals surface area contributed by atoms with E-state index in [-0.39, 0.29) is 6.15 Å². The summed E-state index contributed by atoms with van der Waals surface area (Å²) in [6, 6.07) is 7.22. The molecule has 0 aromatic heterocycles. The smallest absolute Gasteiger partial charge is 0.0635 e. The molecule has 0 spiro atoms. The van der Waals surface area contributed by atoms with Gasteiger partial charge in [0.25, 0.3) is 0 Å². The largest absolute Gasteiger partial charge is 0.398 e. The molecule has 2 nitrogen and oxygen atoms in total. The van der Waals surface area contributed by atoms with Crippen LogP contribution in [0, 0.1) is 0 Å². The van der Waals surface area contributed by atoms with Crippen molar-refractivity contribution in [2.45, 2.75) is 0 Å². The van der Waals surface area contributed by atoms with Crippen LogP contribution in [0.5, 0.6) is 0 Å². The summed E-state index contributed by atoms with van der Waals surface area (Å²) in [7, 11) is 0. The monoisotopic (exact) mass is 144 g/mol. The van der Waals surface area contributed by atoms with Gasteiger partial charge in [-0.1, -0.05) is 23.7 Å². The van der Waals surface area contributed by atoms with Crippen LogP contribution in [0.15, 0.2) is 24.3 Å². The van der Waals surface area contributed by atoms with E-state index in [1.54, 1.807) is 12.1 Å². The predicted octanol–water partition coefficient (Wildman–Crippen LogP) is 2.08. The van der Waals surface area contributed by atoms with Crippen molar-refractivity contribution in [2.75, 3.05) is 5.73 Å². The molecule has 5 N–H and O–H groups in total. The first-order valence-corrected chi connectivity index (χ1v) is 2.68. The second kappa shape index (κ2) is 3.33. The van der Waals surface area contributed by atoms with Crippen LogP contribution in [0.4, 0.5) is 5.69 Å². The molecule has 0 saturated heterocycles. The van der Waals surface area contributed by atoms with Crippen LogP contribution in [-0.2, 0) is 0 Å². The number of nitrogens with two attached hydrogens (primary N) is 1. The highest BCUT2D eigenvalue weighted by molar-refractivity contribution is 6.33. The molecule has 0 aliphatic rings. The van der Waals surface area contributed by atoms with E-state index in [4.69, 9.17) is 17.3 Å². The van der Waals surface area contributed by atoms with E-state index < -0.39 is 0 Å². The van der Waals surface area contributed by atoms with Gasteiger partial charge >= 0.3 is 0 Å². The van der Waals surface area contributed by atoms with Crippen molar-refractivity contribution in [1.29, 1.82) is 0 Å². The summed E-state index contributed by atoms with van der Waals surface area (Å²) >= 11 is 5.58. The van der Waals surface area contributed by atoms with Crippen molar-refractivity contribution in [3.63, 3.8) is 0 Å². The summed E-state index contributed by atoms with van der Waals surface area (Å²) in [4.78, 5) is 0. The molecule has 0 radical (unpaired) electrons. The highest BCUT2D eigenvalue weighted by atomic mass is 35.5. The van der Waals surface area contributed by atoms with Crippen LogP contribution in [0.25, 0.3) is 0 Å². The summed E-state index contributed by atoms with van der Waals surface area (Å²) < 4.78 is 0. The number of anilines is 1. The Labute approximate surface area is 59.2 Å². The van der Waals surface area contributed by atoms with Gasteiger partial charge in [0.2, 0.25) is 0 Å². The average molecular weight is 145 g/mol. The number of hydrogen-bond donors (Lipinski definition) is 2. The lowest BCUT2D eigenvalue weighted by atomic mass is 10.3. The van der Waals surface area contributed by atoms with Gasteiger partial charge in [0.1, 0.15) is 0 Å². The maximum absolute atomic E-state index is 5.58. The molecule has 0 fully saturated rings. The number of para-hydroxylation sites is 1. The summed E-state index contributed by atoms with van der Waals surface area (Å²) in [5.41, 5.74) is 6.02. The van der Waals surface area contributed by atoms with Gasteiger partial charge in [-0.3, -0.25) is 0 Å². The van der Waals surface area contributed by atoms with Crippen molar-refractivity contribution < 1.29 is 0 Å². The minimum Gasteiger partial charge on any atom is -0.398 e. The molecule has 0 heterocycles. The second-order valence-electron chi connectivity index (χ2n) is 1.52. The lowest BCUT2D eigenvalue weighted by Gasteiger charge is -1.91. The van der Waals surface area contributed by atoms with Crippen LogP contribution >= 0.6 is 11.6 Å². The van der Waals surface area contributed by atoms with Crippen molar-refractivity contribution in [3.8, 4) is 0 Å². The van der Waals surface area contributed by atoms with Crippen LogP contribution in [0.3, 0.4) is 0 Å². The highest BCUT2D eigenvalue weighted by Gasteiger charge is 1.87. The minimum atomic E-state index is 0. The maximum atomic E-state index is 5.58. The molecule has 3 heteroatoms. The second-order valence-corrected chi connectivity index (χ2v) is 1.93. The quantitative estimate of drug-likeness (QED) is 0.548. The molecule has 0 bridgehead atoms. The van der Waals surface area contributed by atoms with Crippen molar-refractivity contribution in [3.05, 3.63) is 29.3 Å². The molecule has 1 aromatic carbocycles. The first-order chi connectivity index (χ1) is 3.80. The fourth-order valence-corrected chi connectivity index (χ4v) is 0.611. The van der Waals surface area contributed by atoms with Gasteiger partial charge in [0.05, 0.1) is 10.7 Å². The van der Waals surface area contributed by atoms with Crippen molar-refractivity contribution in [2.24, 2.45) is 0 Å². The zero-order valence-corrected chi connectivity index (χ0v) is 5.73. The molecule has 0 aliphatic heterocycles. The minimum absolute atomic E-state index is 0. The van der Waals surface area contributed by atoms with Gasteiger partial charge in [-0.2, -0.15) is 0 Å². The third-order valence-electron chi connectivity index (χ3n) is 0.905. The highest BCUT2D eigenvalue weighted by Crippen LogP contribution is 2.15. The Bertz CT molecular complexity index is 167. The van der Waals surface area contributed by atoms with Crippen molar-refractivity contribution in [1.82, 2.24) is 6.15 Å². The van der Waals surface area contributed by atoms with Crippen LogP contribution in [-0.4, -0.2) is 0 Å². The number of benzene rings is 1. The summed E-state index contributed by atoms with van der Waals surface area (Å²) in [5, 5.41) is 0.618. The van der Waals surface area contributed by atoms with Crippen molar-refractivity contribution >= 4 is 17.3 Å². The van der Waals surface area contributed by atoms with Gasteiger partial charge in [-0.05, 0) is 12.1 Å². The maximum Gasteiger partial charge on any atom is 0.0635 e. The van der Waals surface area contributed by atoms with E-state index in [0.29, 0.717) is 10.7 Å². The third-order valence-corrected chi connectivity index (χ3v) is 1.25. The van der Waals surface area contributed by atoms with E-state index in [9.17, 15) is 0 Å². The van der Waals surface area contributed by atoms with E-state index in [2.05, 4.69) is 0 Å². The van der Waals surface area contributed by atoms with E-state index in [1.165, 1.54) is 0 Å². The number of halogens is 1. The Kier molecular flexibility index (Phi) is 3.06. The lowest BCUT2D eigenvalue weighted by molar-refractivity contribution is 1.68. The molecule has 50 valence electrons. The normalized spacial score (nSPS) is 8.11. The fourth-order valence-electron chi connectivity index (χ4n) is 0.475. The number of nitrogen functional groups attached to an aromatic ring is 1.